The van der Waals surface area contributed by atoms with Crippen molar-refractivity contribution in [2.45, 2.75) is 18.9 Å². The van der Waals surface area contributed by atoms with E-state index >= 15 is 0 Å². The van der Waals surface area contributed by atoms with E-state index in [0.29, 0.717) is 11.6 Å². The van der Waals surface area contributed by atoms with E-state index in [1.165, 1.54) is 4.80 Å². The number of carbonyl (C=O) groups is 1. The second-order valence-corrected chi connectivity index (χ2v) is 5.31. The molecule has 0 aliphatic carbocycles. The van der Waals surface area contributed by atoms with E-state index in [0.717, 1.165) is 18.4 Å². The molecule has 1 saturated heterocycles. The summed E-state index contributed by atoms with van der Waals surface area (Å²) in [4.78, 5) is 15.4. The molecule has 1 atom stereocenters. The van der Waals surface area contributed by atoms with E-state index in [4.69, 9.17) is 11.6 Å². The van der Waals surface area contributed by atoms with Crippen LogP contribution in [0.15, 0.2) is 24.3 Å². The van der Waals surface area contributed by atoms with E-state index in [1.807, 2.05) is 24.3 Å². The molecular formula is C13H15ClN6O. The van der Waals surface area contributed by atoms with Gasteiger partial charge in [-0.2, -0.15) is 4.80 Å². The molecule has 1 aromatic carbocycles. The first-order valence-electron chi connectivity index (χ1n) is 6.71. The number of urea groups is 1. The van der Waals surface area contributed by atoms with Crippen molar-refractivity contribution in [3.63, 3.8) is 0 Å². The van der Waals surface area contributed by atoms with Gasteiger partial charge in [0.25, 0.3) is 5.95 Å². The highest BCUT2D eigenvalue weighted by molar-refractivity contribution is 6.31. The lowest BCUT2D eigenvalue weighted by molar-refractivity contribution is 0.207. The second-order valence-electron chi connectivity index (χ2n) is 4.91. The average molecular weight is 307 g/mol. The Bertz CT molecular complexity index is 658. The molecule has 110 valence electrons. The van der Waals surface area contributed by atoms with Crippen LogP contribution in [-0.4, -0.2) is 37.7 Å². The van der Waals surface area contributed by atoms with Gasteiger partial charge in [0.15, 0.2) is 0 Å². The third kappa shape index (κ3) is 2.82. The van der Waals surface area contributed by atoms with Crippen molar-refractivity contribution in [3.8, 4) is 0 Å². The molecule has 0 saturated carbocycles. The van der Waals surface area contributed by atoms with Gasteiger partial charge in [-0.1, -0.05) is 34.9 Å². The van der Waals surface area contributed by atoms with Gasteiger partial charge in [-0.05, 0) is 29.7 Å². The Labute approximate surface area is 126 Å². The highest BCUT2D eigenvalue weighted by Crippen LogP contribution is 2.35. The lowest BCUT2D eigenvalue weighted by Crippen LogP contribution is -2.34. The van der Waals surface area contributed by atoms with Crippen LogP contribution in [0.2, 0.25) is 5.02 Å². The van der Waals surface area contributed by atoms with Crippen molar-refractivity contribution in [3.05, 3.63) is 34.9 Å². The lowest BCUT2D eigenvalue weighted by Gasteiger charge is -2.25. The summed E-state index contributed by atoms with van der Waals surface area (Å²) in [6, 6.07) is 7.37. The second kappa shape index (κ2) is 5.69. The van der Waals surface area contributed by atoms with E-state index < -0.39 is 0 Å². The van der Waals surface area contributed by atoms with Crippen LogP contribution in [0.3, 0.4) is 0 Å². The first-order valence-corrected chi connectivity index (χ1v) is 7.09. The summed E-state index contributed by atoms with van der Waals surface area (Å²) < 4.78 is 0. The summed E-state index contributed by atoms with van der Waals surface area (Å²) in [5.74, 6) is 0.201. The summed E-state index contributed by atoms with van der Waals surface area (Å²) in [5, 5.41) is 14.7. The van der Waals surface area contributed by atoms with Crippen molar-refractivity contribution >= 4 is 23.6 Å². The number of nitrogens with zero attached hydrogens (tertiary/aromatic N) is 5. The molecule has 2 heterocycles. The average Bonchev–Trinajstić information content (AvgIpc) is 3.08. The molecule has 8 heteroatoms. The molecule has 2 amide bonds. The van der Waals surface area contributed by atoms with Crippen LogP contribution in [0.5, 0.6) is 0 Å². The van der Waals surface area contributed by atoms with E-state index in [1.54, 1.807) is 11.9 Å². The number of nitrogens with one attached hydrogen (secondary N) is 1. The van der Waals surface area contributed by atoms with Gasteiger partial charge in [0.1, 0.15) is 0 Å². The van der Waals surface area contributed by atoms with Crippen LogP contribution in [0.25, 0.3) is 0 Å². The summed E-state index contributed by atoms with van der Waals surface area (Å²) in [7, 11) is 1.64. The molecular weight excluding hydrogens is 292 g/mol. The van der Waals surface area contributed by atoms with Gasteiger partial charge < -0.3 is 4.90 Å². The summed E-state index contributed by atoms with van der Waals surface area (Å²) >= 11 is 6.24. The smallest absolute Gasteiger partial charge is 0.317 e. The van der Waals surface area contributed by atoms with Gasteiger partial charge in [-0.15, -0.1) is 5.10 Å². The van der Waals surface area contributed by atoms with Gasteiger partial charge in [0.05, 0.1) is 13.1 Å². The number of likely N-dealkylation sites (tertiary alicyclic amines) is 1. The Morgan fingerprint density at radius 2 is 2.24 bits per heavy atom. The van der Waals surface area contributed by atoms with Gasteiger partial charge in [0, 0.05) is 11.6 Å². The monoisotopic (exact) mass is 306 g/mol. The Morgan fingerprint density at radius 3 is 2.95 bits per heavy atom. The molecule has 1 aliphatic heterocycles. The highest BCUT2D eigenvalue weighted by Gasteiger charge is 2.31. The topological polar surface area (TPSA) is 75.9 Å². The minimum absolute atomic E-state index is 0.0182. The quantitative estimate of drug-likeness (QED) is 0.923. The van der Waals surface area contributed by atoms with Crippen molar-refractivity contribution in [2.24, 2.45) is 7.05 Å². The summed E-state index contributed by atoms with van der Waals surface area (Å²) in [5.41, 5.74) is 0.971. The van der Waals surface area contributed by atoms with Gasteiger partial charge in [-0.3, -0.25) is 5.32 Å². The standard InChI is InChI=1S/C13H15ClN6O/c1-19-17-12(16-18-19)15-13(21)20-8-4-7-11(20)9-5-2-3-6-10(9)14/h2-3,5-6,11H,4,7-8H2,1H3,(H,15,17,21). The first kappa shape index (κ1) is 13.8. The third-order valence-corrected chi connectivity index (χ3v) is 3.85. The number of rotatable bonds is 2. The molecule has 1 aliphatic rings. The van der Waals surface area contributed by atoms with Crippen molar-refractivity contribution < 1.29 is 4.79 Å². The molecule has 0 bridgehead atoms. The molecule has 1 unspecified atom stereocenters. The van der Waals surface area contributed by atoms with Gasteiger partial charge in [0.2, 0.25) is 0 Å². The van der Waals surface area contributed by atoms with Crippen LogP contribution >= 0.6 is 11.6 Å². The first-order chi connectivity index (χ1) is 10.1. The third-order valence-electron chi connectivity index (χ3n) is 3.50. The van der Waals surface area contributed by atoms with Crippen LogP contribution in [0.4, 0.5) is 10.7 Å². The largest absolute Gasteiger partial charge is 0.324 e. The number of aromatic nitrogens is 4. The molecule has 1 aromatic heterocycles. The molecule has 21 heavy (non-hydrogen) atoms. The minimum Gasteiger partial charge on any atom is -0.317 e. The predicted octanol–water partition coefficient (Wildman–Crippen LogP) is 2.23. The number of carbonyl (C=O) groups excluding carboxylic acids is 1. The molecule has 1 N–H and O–H groups in total. The number of halogens is 1. The Balaban J connectivity index is 1.77. The zero-order chi connectivity index (χ0) is 14.8. The number of aryl methyl sites for hydroxylation is 1. The minimum atomic E-state index is -0.231. The lowest BCUT2D eigenvalue weighted by atomic mass is 10.0. The van der Waals surface area contributed by atoms with Gasteiger partial charge in [-0.25, -0.2) is 4.79 Å². The van der Waals surface area contributed by atoms with Crippen molar-refractivity contribution in [2.75, 3.05) is 11.9 Å². The summed E-state index contributed by atoms with van der Waals surface area (Å²) in [6.45, 7) is 0.683. The SMILES string of the molecule is Cn1nnc(NC(=O)N2CCCC2c2ccccc2Cl)n1. The number of hydrogen-bond acceptors (Lipinski definition) is 4. The number of hydrogen-bond donors (Lipinski definition) is 1. The van der Waals surface area contributed by atoms with E-state index in [9.17, 15) is 4.79 Å². The normalized spacial score (nSPS) is 18.0. The summed E-state index contributed by atoms with van der Waals surface area (Å²) in [6.07, 6.45) is 1.84. The van der Waals surface area contributed by atoms with E-state index in [-0.39, 0.29) is 18.0 Å². The van der Waals surface area contributed by atoms with Crippen molar-refractivity contribution in [1.82, 2.24) is 25.1 Å². The molecule has 7 nitrogen and oxygen atoms in total. The molecule has 0 spiro atoms. The molecule has 1 fully saturated rings. The molecule has 3 rings (SSSR count). The zero-order valence-corrected chi connectivity index (χ0v) is 12.3. The van der Waals surface area contributed by atoms with Crippen LogP contribution in [0, 0.1) is 0 Å². The van der Waals surface area contributed by atoms with Crippen LogP contribution in [0.1, 0.15) is 24.4 Å². The molecule has 2 aromatic rings. The maximum atomic E-state index is 12.4. The maximum Gasteiger partial charge on any atom is 0.324 e. The van der Waals surface area contributed by atoms with Crippen LogP contribution in [-0.2, 0) is 7.05 Å². The Hall–Kier alpha value is -2.15. The fraction of sp³-hybridized carbons (Fsp3) is 0.385. The maximum absolute atomic E-state index is 12.4. The zero-order valence-electron chi connectivity index (χ0n) is 11.5. The molecule has 0 radical (unpaired) electrons. The Morgan fingerprint density at radius 1 is 1.43 bits per heavy atom. The number of tetrazole rings is 1. The van der Waals surface area contributed by atoms with Gasteiger partial charge >= 0.3 is 6.03 Å². The Kier molecular flexibility index (Phi) is 3.74. The van der Waals surface area contributed by atoms with Crippen molar-refractivity contribution in [1.29, 1.82) is 0 Å². The highest BCUT2D eigenvalue weighted by atomic mass is 35.5. The van der Waals surface area contributed by atoms with E-state index in [2.05, 4.69) is 20.7 Å². The predicted molar refractivity (Wildman–Crippen MR) is 77.9 cm³/mol. The fourth-order valence-electron chi connectivity index (χ4n) is 2.58. The number of anilines is 1. The van der Waals surface area contributed by atoms with Crippen LogP contribution < -0.4 is 5.32 Å². The fourth-order valence-corrected chi connectivity index (χ4v) is 2.84. The number of amides is 2. The number of benzene rings is 1.